The number of hydrogen-bond donors (Lipinski definition) is 1. The van der Waals surface area contributed by atoms with Crippen LogP contribution in [-0.4, -0.2) is 29.2 Å². The van der Waals surface area contributed by atoms with Crippen molar-refractivity contribution in [2.75, 3.05) is 13.1 Å². The van der Waals surface area contributed by atoms with Crippen molar-refractivity contribution in [1.29, 1.82) is 0 Å². The molecule has 1 saturated heterocycles. The number of piperidine rings is 1. The van der Waals surface area contributed by atoms with Crippen LogP contribution in [0.3, 0.4) is 0 Å². The molecule has 1 aromatic rings. The second-order valence-corrected chi connectivity index (χ2v) is 4.52. The smallest absolute Gasteiger partial charge is 0.316 e. The third-order valence-electron chi connectivity index (χ3n) is 2.12. The van der Waals surface area contributed by atoms with E-state index in [1.54, 1.807) is 12.4 Å². The molecule has 1 aliphatic heterocycles. The molecule has 2 heterocycles. The summed E-state index contributed by atoms with van der Waals surface area (Å²) >= 11 is 2.17. The lowest BCUT2D eigenvalue weighted by Crippen LogP contribution is -2.37. The van der Waals surface area contributed by atoms with E-state index in [4.69, 9.17) is 4.74 Å². The van der Waals surface area contributed by atoms with E-state index in [2.05, 4.69) is 37.9 Å². The molecule has 1 unspecified atom stereocenters. The molecule has 14 heavy (non-hydrogen) atoms. The van der Waals surface area contributed by atoms with Gasteiger partial charge in [0.2, 0.25) is 0 Å². The Balaban J connectivity index is 1.92. The Morgan fingerprint density at radius 1 is 1.43 bits per heavy atom. The molecule has 1 N–H and O–H groups in total. The second kappa shape index (κ2) is 4.88. The van der Waals surface area contributed by atoms with Crippen molar-refractivity contribution in [3.8, 4) is 6.01 Å². The summed E-state index contributed by atoms with van der Waals surface area (Å²) in [5, 5.41) is 3.28. The van der Waals surface area contributed by atoms with E-state index in [0.29, 0.717) is 6.01 Å². The second-order valence-electron chi connectivity index (χ2n) is 3.27. The van der Waals surface area contributed by atoms with Crippen LogP contribution >= 0.6 is 22.6 Å². The summed E-state index contributed by atoms with van der Waals surface area (Å²) < 4.78 is 6.65. The van der Waals surface area contributed by atoms with Crippen molar-refractivity contribution in [3.63, 3.8) is 0 Å². The highest BCUT2D eigenvalue weighted by atomic mass is 127. The molecule has 0 amide bonds. The van der Waals surface area contributed by atoms with Crippen LogP contribution in [0.2, 0.25) is 0 Å². The van der Waals surface area contributed by atoms with Gasteiger partial charge in [-0.25, -0.2) is 9.97 Å². The van der Waals surface area contributed by atoms with E-state index in [1.165, 1.54) is 0 Å². The van der Waals surface area contributed by atoms with Gasteiger partial charge in [0.05, 0.1) is 0 Å². The molecule has 76 valence electrons. The van der Waals surface area contributed by atoms with E-state index in [-0.39, 0.29) is 6.10 Å². The lowest BCUT2D eigenvalue weighted by Gasteiger charge is -2.22. The van der Waals surface area contributed by atoms with Gasteiger partial charge in [-0.05, 0) is 42.0 Å². The van der Waals surface area contributed by atoms with Crippen LogP contribution in [0.4, 0.5) is 0 Å². The van der Waals surface area contributed by atoms with Gasteiger partial charge in [0.25, 0.3) is 0 Å². The summed E-state index contributed by atoms with van der Waals surface area (Å²) in [4.78, 5) is 8.21. The molecular weight excluding hydrogens is 293 g/mol. The zero-order valence-electron chi connectivity index (χ0n) is 7.74. The predicted molar refractivity (Wildman–Crippen MR) is 61.3 cm³/mol. The number of hydrogen-bond acceptors (Lipinski definition) is 4. The fourth-order valence-corrected chi connectivity index (χ4v) is 1.71. The molecule has 2 rings (SSSR count). The van der Waals surface area contributed by atoms with Crippen molar-refractivity contribution in [3.05, 3.63) is 16.0 Å². The van der Waals surface area contributed by atoms with Crippen LogP contribution in [0.5, 0.6) is 6.01 Å². The SMILES string of the molecule is Ic1cnc(OC2CCCNC2)nc1. The van der Waals surface area contributed by atoms with Crippen molar-refractivity contribution >= 4 is 22.6 Å². The Bertz CT molecular complexity index is 285. The van der Waals surface area contributed by atoms with Gasteiger partial charge < -0.3 is 10.1 Å². The average Bonchev–Trinajstić information content (AvgIpc) is 2.23. The molecule has 1 aliphatic rings. The number of halogens is 1. The van der Waals surface area contributed by atoms with Crippen LogP contribution < -0.4 is 10.1 Å². The summed E-state index contributed by atoms with van der Waals surface area (Å²) in [6.07, 6.45) is 6.00. The normalized spacial score (nSPS) is 21.9. The van der Waals surface area contributed by atoms with Gasteiger partial charge in [-0.2, -0.15) is 0 Å². The molecule has 0 spiro atoms. The number of aromatic nitrogens is 2. The monoisotopic (exact) mass is 305 g/mol. The summed E-state index contributed by atoms with van der Waals surface area (Å²) in [6, 6.07) is 0.485. The summed E-state index contributed by atoms with van der Waals surface area (Å²) in [5.41, 5.74) is 0. The first kappa shape index (κ1) is 10.1. The molecule has 1 fully saturated rings. The van der Waals surface area contributed by atoms with E-state index >= 15 is 0 Å². The molecule has 0 aromatic carbocycles. The lowest BCUT2D eigenvalue weighted by molar-refractivity contribution is 0.153. The maximum Gasteiger partial charge on any atom is 0.316 e. The third kappa shape index (κ3) is 2.78. The van der Waals surface area contributed by atoms with E-state index in [0.717, 1.165) is 29.5 Å². The minimum Gasteiger partial charge on any atom is -0.459 e. The Kier molecular flexibility index (Phi) is 3.52. The van der Waals surface area contributed by atoms with Gasteiger partial charge in [0.1, 0.15) is 6.10 Å². The highest BCUT2D eigenvalue weighted by Gasteiger charge is 2.15. The van der Waals surface area contributed by atoms with Crippen LogP contribution in [-0.2, 0) is 0 Å². The standard InChI is InChI=1S/C9H12IN3O/c10-7-4-12-9(13-5-7)14-8-2-1-3-11-6-8/h4-5,8,11H,1-3,6H2. The molecule has 0 radical (unpaired) electrons. The molecule has 0 saturated carbocycles. The number of nitrogens with one attached hydrogen (secondary N) is 1. The molecule has 1 atom stereocenters. The first-order chi connectivity index (χ1) is 6.84. The average molecular weight is 305 g/mol. The lowest BCUT2D eigenvalue weighted by atomic mass is 10.1. The molecule has 4 nitrogen and oxygen atoms in total. The van der Waals surface area contributed by atoms with Gasteiger partial charge in [-0.1, -0.05) is 0 Å². The predicted octanol–water partition coefficient (Wildman–Crippen LogP) is 1.21. The first-order valence-electron chi connectivity index (χ1n) is 4.69. The van der Waals surface area contributed by atoms with E-state index in [1.807, 2.05) is 0 Å². The van der Waals surface area contributed by atoms with Crippen LogP contribution in [0, 0.1) is 3.57 Å². The summed E-state index contributed by atoms with van der Waals surface area (Å²) in [5.74, 6) is 0. The fourth-order valence-electron chi connectivity index (χ4n) is 1.43. The van der Waals surface area contributed by atoms with Gasteiger partial charge >= 0.3 is 6.01 Å². The van der Waals surface area contributed by atoms with Crippen molar-refractivity contribution in [1.82, 2.24) is 15.3 Å². The quantitative estimate of drug-likeness (QED) is 0.835. The zero-order valence-corrected chi connectivity index (χ0v) is 9.90. The minimum atomic E-state index is 0.226. The maximum absolute atomic E-state index is 5.62. The fraction of sp³-hybridized carbons (Fsp3) is 0.556. The van der Waals surface area contributed by atoms with Crippen molar-refractivity contribution < 1.29 is 4.74 Å². The van der Waals surface area contributed by atoms with Crippen molar-refractivity contribution in [2.24, 2.45) is 0 Å². The Hall–Kier alpha value is -0.430. The molecule has 5 heteroatoms. The Morgan fingerprint density at radius 2 is 2.21 bits per heavy atom. The third-order valence-corrected chi connectivity index (χ3v) is 2.68. The Morgan fingerprint density at radius 3 is 2.86 bits per heavy atom. The maximum atomic E-state index is 5.62. The van der Waals surface area contributed by atoms with Crippen LogP contribution in [0.25, 0.3) is 0 Å². The topological polar surface area (TPSA) is 47.0 Å². The first-order valence-corrected chi connectivity index (χ1v) is 5.77. The minimum absolute atomic E-state index is 0.226. The van der Waals surface area contributed by atoms with Gasteiger partial charge in [0, 0.05) is 22.5 Å². The largest absolute Gasteiger partial charge is 0.459 e. The summed E-state index contributed by atoms with van der Waals surface area (Å²) in [7, 11) is 0. The van der Waals surface area contributed by atoms with E-state index < -0.39 is 0 Å². The number of ether oxygens (including phenoxy) is 1. The molecular formula is C9H12IN3O. The highest BCUT2D eigenvalue weighted by Crippen LogP contribution is 2.10. The highest BCUT2D eigenvalue weighted by molar-refractivity contribution is 14.1. The molecule has 1 aromatic heterocycles. The van der Waals surface area contributed by atoms with Gasteiger partial charge in [0.15, 0.2) is 0 Å². The van der Waals surface area contributed by atoms with Crippen LogP contribution in [0.15, 0.2) is 12.4 Å². The number of rotatable bonds is 2. The van der Waals surface area contributed by atoms with E-state index in [9.17, 15) is 0 Å². The molecule has 0 bridgehead atoms. The van der Waals surface area contributed by atoms with Gasteiger partial charge in [-0.15, -0.1) is 0 Å². The van der Waals surface area contributed by atoms with Gasteiger partial charge in [-0.3, -0.25) is 0 Å². The van der Waals surface area contributed by atoms with Crippen molar-refractivity contribution in [2.45, 2.75) is 18.9 Å². The summed E-state index contributed by atoms with van der Waals surface area (Å²) in [6.45, 7) is 1.99. The Labute approximate surface area is 96.6 Å². The number of nitrogens with zero attached hydrogens (tertiary/aromatic N) is 2. The van der Waals surface area contributed by atoms with Crippen LogP contribution in [0.1, 0.15) is 12.8 Å². The molecule has 0 aliphatic carbocycles. The zero-order chi connectivity index (χ0) is 9.80.